The first-order valence-corrected chi connectivity index (χ1v) is 10.6. The number of amides is 2. The fraction of sp³-hybridized carbons (Fsp3) is 0.375. The molecule has 31 heavy (non-hydrogen) atoms. The Morgan fingerprint density at radius 2 is 1.68 bits per heavy atom. The number of hydrogen-bond donors (Lipinski definition) is 1. The number of benzene rings is 2. The van der Waals surface area contributed by atoms with Crippen LogP contribution in [0, 0.1) is 5.92 Å². The van der Waals surface area contributed by atoms with Crippen LogP contribution in [0.15, 0.2) is 54.6 Å². The van der Waals surface area contributed by atoms with E-state index in [0.29, 0.717) is 43.9 Å². The van der Waals surface area contributed by atoms with Crippen LogP contribution in [0.3, 0.4) is 0 Å². The van der Waals surface area contributed by atoms with Gasteiger partial charge in [0.15, 0.2) is 6.10 Å². The number of carbonyl (C=O) groups is 3. The molecule has 1 atom stereocenters. The van der Waals surface area contributed by atoms with Crippen LogP contribution in [0.25, 0.3) is 0 Å². The van der Waals surface area contributed by atoms with E-state index in [9.17, 15) is 14.4 Å². The van der Waals surface area contributed by atoms with Gasteiger partial charge in [-0.25, -0.2) is 4.79 Å². The van der Waals surface area contributed by atoms with Gasteiger partial charge in [0.05, 0.1) is 12.5 Å². The summed E-state index contributed by atoms with van der Waals surface area (Å²) < 4.78 is 10.8. The second-order valence-corrected chi connectivity index (χ2v) is 7.46. The topological polar surface area (TPSA) is 84.9 Å². The molecular formula is C24H28N2O5. The van der Waals surface area contributed by atoms with Crippen molar-refractivity contribution >= 4 is 23.5 Å². The van der Waals surface area contributed by atoms with Crippen molar-refractivity contribution < 1.29 is 23.9 Å². The van der Waals surface area contributed by atoms with E-state index in [1.807, 2.05) is 37.3 Å². The summed E-state index contributed by atoms with van der Waals surface area (Å²) in [6.07, 6.45) is 0.139. The summed E-state index contributed by atoms with van der Waals surface area (Å²) in [4.78, 5) is 39.2. The lowest BCUT2D eigenvalue weighted by Crippen LogP contribution is -2.43. The van der Waals surface area contributed by atoms with Crippen LogP contribution in [-0.4, -0.2) is 48.5 Å². The number of hydrogen-bond acceptors (Lipinski definition) is 5. The smallest absolute Gasteiger partial charge is 0.321 e. The molecule has 0 saturated carbocycles. The summed E-state index contributed by atoms with van der Waals surface area (Å²) >= 11 is 0. The first-order valence-electron chi connectivity index (χ1n) is 10.6. The molecule has 164 valence electrons. The van der Waals surface area contributed by atoms with Gasteiger partial charge >= 0.3 is 12.0 Å². The van der Waals surface area contributed by atoms with Crippen LogP contribution < -0.4 is 10.1 Å². The van der Waals surface area contributed by atoms with Gasteiger partial charge in [-0.15, -0.1) is 0 Å². The number of esters is 1. The van der Waals surface area contributed by atoms with E-state index in [-0.39, 0.29) is 17.7 Å². The van der Waals surface area contributed by atoms with Gasteiger partial charge in [0, 0.05) is 24.3 Å². The van der Waals surface area contributed by atoms with E-state index in [1.54, 1.807) is 36.1 Å². The number of likely N-dealkylation sites (tertiary alicyclic amines) is 1. The summed E-state index contributed by atoms with van der Waals surface area (Å²) in [5.41, 5.74) is 1.20. The maximum Gasteiger partial charge on any atom is 0.321 e. The number of anilines is 1. The van der Waals surface area contributed by atoms with Crippen LogP contribution in [0.2, 0.25) is 0 Å². The molecule has 0 unspecified atom stereocenters. The molecule has 0 aliphatic carbocycles. The van der Waals surface area contributed by atoms with Gasteiger partial charge in [0.25, 0.3) is 0 Å². The van der Waals surface area contributed by atoms with Gasteiger partial charge < -0.3 is 19.7 Å². The SMILES string of the molecule is CCOc1ccc(C(=O)[C@H](C)OC(=O)C2CCN(C(=O)Nc3ccccc3)CC2)cc1. The number of nitrogens with zero attached hydrogens (tertiary/aromatic N) is 1. The van der Waals surface area contributed by atoms with E-state index in [1.165, 1.54) is 0 Å². The van der Waals surface area contributed by atoms with Crippen LogP contribution in [0.4, 0.5) is 10.5 Å². The van der Waals surface area contributed by atoms with Gasteiger partial charge in [-0.05, 0) is 63.1 Å². The predicted octanol–water partition coefficient (Wildman–Crippen LogP) is 4.14. The van der Waals surface area contributed by atoms with Gasteiger partial charge in [-0.2, -0.15) is 0 Å². The van der Waals surface area contributed by atoms with Crippen molar-refractivity contribution in [1.29, 1.82) is 0 Å². The third-order valence-electron chi connectivity index (χ3n) is 5.25. The number of urea groups is 1. The van der Waals surface area contributed by atoms with Gasteiger partial charge in [-0.3, -0.25) is 9.59 Å². The second-order valence-electron chi connectivity index (χ2n) is 7.46. The zero-order valence-electron chi connectivity index (χ0n) is 17.9. The van der Waals surface area contributed by atoms with Crippen molar-refractivity contribution in [2.75, 3.05) is 25.0 Å². The van der Waals surface area contributed by atoms with E-state index in [4.69, 9.17) is 9.47 Å². The van der Waals surface area contributed by atoms with Crippen LogP contribution in [-0.2, 0) is 9.53 Å². The van der Waals surface area contributed by atoms with Gasteiger partial charge in [0.2, 0.25) is 5.78 Å². The zero-order valence-corrected chi connectivity index (χ0v) is 17.9. The molecule has 0 aromatic heterocycles. The van der Waals surface area contributed by atoms with Crippen molar-refractivity contribution in [3.8, 4) is 5.75 Å². The highest BCUT2D eigenvalue weighted by atomic mass is 16.5. The summed E-state index contributed by atoms with van der Waals surface area (Å²) in [5.74, 6) is -0.283. The Kier molecular flexibility index (Phi) is 7.65. The molecule has 7 heteroatoms. The lowest BCUT2D eigenvalue weighted by atomic mass is 9.97. The molecule has 1 heterocycles. The first-order chi connectivity index (χ1) is 15.0. The van der Waals surface area contributed by atoms with Gasteiger partial charge in [0.1, 0.15) is 5.75 Å². The number of rotatable bonds is 7. The van der Waals surface area contributed by atoms with Crippen molar-refractivity contribution in [2.45, 2.75) is 32.8 Å². The van der Waals surface area contributed by atoms with Crippen molar-refractivity contribution in [2.24, 2.45) is 5.92 Å². The second kappa shape index (κ2) is 10.6. The summed E-state index contributed by atoms with van der Waals surface area (Å²) in [6, 6.07) is 15.8. The number of ketones is 1. The first kappa shape index (κ1) is 22.3. The molecule has 2 aromatic rings. The lowest BCUT2D eigenvalue weighted by Gasteiger charge is -2.31. The molecule has 0 radical (unpaired) electrons. The van der Waals surface area contributed by atoms with Gasteiger partial charge in [-0.1, -0.05) is 18.2 Å². The minimum atomic E-state index is -0.871. The Bertz CT molecular complexity index is 890. The standard InChI is InChI=1S/C24H28N2O5/c1-3-30-21-11-9-18(10-12-21)22(27)17(2)31-23(28)19-13-15-26(16-14-19)24(29)25-20-7-5-4-6-8-20/h4-12,17,19H,3,13-16H2,1-2H3,(H,25,29)/t17-/m0/s1. The molecule has 1 saturated heterocycles. The Labute approximate surface area is 182 Å². The Balaban J connectivity index is 1.46. The molecule has 3 rings (SSSR count). The third-order valence-corrected chi connectivity index (χ3v) is 5.25. The quantitative estimate of drug-likeness (QED) is 0.533. The van der Waals surface area contributed by atoms with Crippen LogP contribution >= 0.6 is 0 Å². The highest BCUT2D eigenvalue weighted by Crippen LogP contribution is 2.21. The molecule has 2 amide bonds. The summed E-state index contributed by atoms with van der Waals surface area (Å²) in [6.45, 7) is 4.94. The molecule has 1 N–H and O–H groups in total. The average molecular weight is 424 g/mol. The van der Waals surface area contributed by atoms with Crippen LogP contribution in [0.5, 0.6) is 5.75 Å². The Morgan fingerprint density at radius 3 is 2.29 bits per heavy atom. The molecule has 0 bridgehead atoms. The highest BCUT2D eigenvalue weighted by molar-refractivity contribution is 6.00. The monoisotopic (exact) mass is 424 g/mol. The fourth-order valence-corrected chi connectivity index (χ4v) is 3.48. The van der Waals surface area contributed by atoms with Crippen LogP contribution in [0.1, 0.15) is 37.0 Å². The summed E-state index contributed by atoms with van der Waals surface area (Å²) in [5, 5.41) is 2.85. The molecule has 1 aliphatic rings. The van der Waals surface area contributed by atoms with E-state index in [0.717, 1.165) is 5.69 Å². The molecular weight excluding hydrogens is 396 g/mol. The normalized spacial score (nSPS) is 15.1. The zero-order chi connectivity index (χ0) is 22.2. The largest absolute Gasteiger partial charge is 0.494 e. The van der Waals surface area contributed by atoms with E-state index < -0.39 is 12.1 Å². The summed E-state index contributed by atoms with van der Waals surface area (Å²) in [7, 11) is 0. The fourth-order valence-electron chi connectivity index (χ4n) is 3.48. The van der Waals surface area contributed by atoms with Crippen molar-refractivity contribution in [1.82, 2.24) is 4.90 Å². The van der Waals surface area contributed by atoms with E-state index >= 15 is 0 Å². The Morgan fingerprint density at radius 1 is 1.03 bits per heavy atom. The molecule has 7 nitrogen and oxygen atoms in total. The number of Topliss-reactive ketones (excluding diaryl/α,β-unsaturated/α-hetero) is 1. The predicted molar refractivity (Wildman–Crippen MR) is 117 cm³/mol. The number of piperidine rings is 1. The minimum absolute atomic E-state index is 0.183. The van der Waals surface area contributed by atoms with Crippen molar-refractivity contribution in [3.63, 3.8) is 0 Å². The number of ether oxygens (including phenoxy) is 2. The maximum atomic E-state index is 12.6. The average Bonchev–Trinajstić information content (AvgIpc) is 2.80. The Hall–Kier alpha value is -3.35. The number of nitrogens with one attached hydrogen (secondary N) is 1. The number of para-hydroxylation sites is 1. The third kappa shape index (κ3) is 6.07. The maximum absolute atomic E-state index is 12.6. The molecule has 0 spiro atoms. The molecule has 1 fully saturated rings. The van der Waals surface area contributed by atoms with E-state index in [2.05, 4.69) is 5.32 Å². The highest BCUT2D eigenvalue weighted by Gasteiger charge is 2.30. The molecule has 1 aliphatic heterocycles. The lowest BCUT2D eigenvalue weighted by molar-refractivity contribution is -0.152. The minimum Gasteiger partial charge on any atom is -0.494 e. The van der Waals surface area contributed by atoms with Crippen molar-refractivity contribution in [3.05, 3.63) is 60.2 Å². The molecule has 2 aromatic carbocycles. The number of carbonyl (C=O) groups excluding carboxylic acids is 3.